The molecule has 4 rings (SSSR count). The summed E-state index contributed by atoms with van der Waals surface area (Å²) < 4.78 is 10.9. The number of fused-ring (bicyclic) bond motifs is 1. The molecule has 0 aliphatic carbocycles. The standard InChI is InChI=1S/C23H23N3O4/c1-13-8-14(2)26-23(28)19(13)12-25-22(27)17-9-15-6-7-30-21(15)18(10-17)16-4-5-20(29-3)24-11-16/h4-5,8-11,19H,6-7,12H2,1-3H3,(H,25,27). The Morgan fingerprint density at radius 3 is 2.83 bits per heavy atom. The molecule has 30 heavy (non-hydrogen) atoms. The SMILES string of the molecule is COc1ccc(-c2cc(C(=O)NCC3C(=O)N=C(C)C=C3C)cc3c2OCC3)cn1. The maximum atomic E-state index is 12.9. The lowest BCUT2D eigenvalue weighted by Gasteiger charge is -2.19. The predicted octanol–water partition coefficient (Wildman–Crippen LogP) is 2.99. The van der Waals surface area contributed by atoms with Crippen LogP contribution in [0.25, 0.3) is 11.1 Å². The lowest BCUT2D eigenvalue weighted by atomic mass is 9.95. The number of rotatable bonds is 5. The molecule has 0 bridgehead atoms. The first-order valence-corrected chi connectivity index (χ1v) is 9.82. The van der Waals surface area contributed by atoms with Crippen molar-refractivity contribution in [2.45, 2.75) is 20.3 Å². The van der Waals surface area contributed by atoms with Crippen molar-refractivity contribution in [1.82, 2.24) is 10.3 Å². The van der Waals surface area contributed by atoms with Crippen LogP contribution in [0, 0.1) is 5.92 Å². The van der Waals surface area contributed by atoms with Gasteiger partial charge in [0, 0.05) is 47.6 Å². The Hall–Kier alpha value is -3.48. The van der Waals surface area contributed by atoms with E-state index in [4.69, 9.17) is 9.47 Å². The molecule has 0 saturated carbocycles. The zero-order valence-electron chi connectivity index (χ0n) is 17.2. The number of benzene rings is 1. The summed E-state index contributed by atoms with van der Waals surface area (Å²) in [5.41, 5.74) is 4.76. The number of nitrogens with zero attached hydrogens (tertiary/aromatic N) is 2. The molecule has 1 unspecified atom stereocenters. The molecular formula is C23H23N3O4. The number of hydrogen-bond donors (Lipinski definition) is 1. The van der Waals surface area contributed by atoms with Crippen LogP contribution in [-0.4, -0.2) is 42.8 Å². The molecule has 0 spiro atoms. The van der Waals surface area contributed by atoms with Crippen LogP contribution in [0.5, 0.6) is 11.6 Å². The molecule has 1 N–H and O–H groups in total. The van der Waals surface area contributed by atoms with Gasteiger partial charge < -0.3 is 14.8 Å². The summed E-state index contributed by atoms with van der Waals surface area (Å²) in [6.07, 6.45) is 4.32. The highest BCUT2D eigenvalue weighted by molar-refractivity contribution is 6.06. The van der Waals surface area contributed by atoms with Crippen molar-refractivity contribution in [2.24, 2.45) is 10.9 Å². The van der Waals surface area contributed by atoms with Crippen LogP contribution in [0.1, 0.15) is 29.8 Å². The summed E-state index contributed by atoms with van der Waals surface area (Å²) in [7, 11) is 1.56. The molecule has 2 aliphatic rings. The Morgan fingerprint density at radius 2 is 2.13 bits per heavy atom. The Bertz CT molecular complexity index is 1070. The first kappa shape index (κ1) is 19.8. The highest BCUT2D eigenvalue weighted by Gasteiger charge is 2.25. The topological polar surface area (TPSA) is 89.9 Å². The summed E-state index contributed by atoms with van der Waals surface area (Å²) in [4.78, 5) is 33.3. The third-order valence-electron chi connectivity index (χ3n) is 5.34. The number of ether oxygens (including phenoxy) is 2. The summed E-state index contributed by atoms with van der Waals surface area (Å²) in [5.74, 6) is 0.411. The highest BCUT2D eigenvalue weighted by atomic mass is 16.5. The Morgan fingerprint density at radius 1 is 1.30 bits per heavy atom. The van der Waals surface area contributed by atoms with Gasteiger partial charge in [0.05, 0.1) is 19.6 Å². The number of carbonyl (C=O) groups excluding carboxylic acids is 2. The molecule has 7 nitrogen and oxygen atoms in total. The fraction of sp³-hybridized carbons (Fsp3) is 0.304. The number of carbonyl (C=O) groups is 2. The van der Waals surface area contributed by atoms with Gasteiger partial charge in [-0.05, 0) is 43.7 Å². The lowest BCUT2D eigenvalue weighted by Crippen LogP contribution is -2.34. The second-order valence-corrected chi connectivity index (χ2v) is 7.44. The minimum Gasteiger partial charge on any atom is -0.492 e. The van der Waals surface area contributed by atoms with Gasteiger partial charge in [-0.1, -0.05) is 5.57 Å². The number of pyridine rings is 1. The Balaban J connectivity index is 1.58. The molecule has 2 aliphatic heterocycles. The van der Waals surface area contributed by atoms with Gasteiger partial charge in [0.25, 0.3) is 11.8 Å². The maximum Gasteiger partial charge on any atom is 0.254 e. The van der Waals surface area contributed by atoms with Gasteiger partial charge in [-0.2, -0.15) is 0 Å². The summed E-state index contributed by atoms with van der Waals surface area (Å²) in [6.45, 7) is 4.46. The summed E-state index contributed by atoms with van der Waals surface area (Å²) >= 11 is 0. The molecule has 0 radical (unpaired) electrons. The fourth-order valence-electron chi connectivity index (χ4n) is 3.77. The number of aromatic nitrogens is 1. The molecule has 3 heterocycles. The van der Waals surface area contributed by atoms with Crippen LogP contribution in [0.4, 0.5) is 0 Å². The van der Waals surface area contributed by atoms with Gasteiger partial charge in [0.1, 0.15) is 5.75 Å². The van der Waals surface area contributed by atoms with E-state index in [1.54, 1.807) is 32.4 Å². The van der Waals surface area contributed by atoms with Crippen molar-refractivity contribution < 1.29 is 19.1 Å². The fourth-order valence-corrected chi connectivity index (χ4v) is 3.77. The van der Waals surface area contributed by atoms with Gasteiger partial charge >= 0.3 is 0 Å². The molecule has 2 aromatic rings. The van der Waals surface area contributed by atoms with E-state index in [1.807, 2.05) is 25.1 Å². The molecule has 1 atom stereocenters. The Labute approximate surface area is 174 Å². The second kappa shape index (κ2) is 8.10. The molecule has 1 aromatic carbocycles. The number of methoxy groups -OCH3 is 1. The smallest absolute Gasteiger partial charge is 0.254 e. The van der Waals surface area contributed by atoms with E-state index in [2.05, 4.69) is 15.3 Å². The number of amides is 2. The summed E-state index contributed by atoms with van der Waals surface area (Å²) in [6, 6.07) is 7.32. The van der Waals surface area contributed by atoms with Crippen LogP contribution in [0.3, 0.4) is 0 Å². The first-order chi connectivity index (χ1) is 14.5. The molecule has 0 saturated heterocycles. The van der Waals surface area contributed by atoms with Crippen molar-refractivity contribution in [2.75, 3.05) is 20.3 Å². The number of aliphatic imine (C=N–C) groups is 1. The van der Waals surface area contributed by atoms with Crippen molar-refractivity contribution in [3.63, 3.8) is 0 Å². The molecular weight excluding hydrogens is 382 g/mol. The van der Waals surface area contributed by atoms with Crippen molar-refractivity contribution in [3.05, 3.63) is 53.2 Å². The monoisotopic (exact) mass is 405 g/mol. The molecule has 1 aromatic heterocycles. The van der Waals surface area contributed by atoms with Crippen LogP contribution >= 0.6 is 0 Å². The van der Waals surface area contributed by atoms with Gasteiger partial charge in [-0.15, -0.1) is 0 Å². The normalized spacial score (nSPS) is 17.6. The van der Waals surface area contributed by atoms with Crippen LogP contribution < -0.4 is 14.8 Å². The number of allylic oxidation sites excluding steroid dienone is 1. The van der Waals surface area contributed by atoms with E-state index in [9.17, 15) is 9.59 Å². The van der Waals surface area contributed by atoms with E-state index in [-0.39, 0.29) is 18.4 Å². The highest BCUT2D eigenvalue weighted by Crippen LogP contribution is 2.38. The number of nitrogens with one attached hydrogen (secondary N) is 1. The largest absolute Gasteiger partial charge is 0.492 e. The third-order valence-corrected chi connectivity index (χ3v) is 5.34. The van der Waals surface area contributed by atoms with Gasteiger partial charge in [-0.25, -0.2) is 9.98 Å². The minimum absolute atomic E-state index is 0.212. The molecule has 7 heteroatoms. The quantitative estimate of drug-likeness (QED) is 0.826. The van der Waals surface area contributed by atoms with Crippen molar-refractivity contribution >= 4 is 17.5 Å². The lowest BCUT2D eigenvalue weighted by molar-refractivity contribution is -0.120. The number of hydrogen-bond acceptors (Lipinski definition) is 5. The minimum atomic E-state index is -0.430. The van der Waals surface area contributed by atoms with E-state index in [0.717, 1.165) is 34.4 Å². The van der Waals surface area contributed by atoms with E-state index in [1.165, 1.54) is 0 Å². The average molecular weight is 405 g/mol. The summed E-state index contributed by atoms with van der Waals surface area (Å²) in [5, 5.41) is 2.89. The van der Waals surface area contributed by atoms with E-state index in [0.29, 0.717) is 23.8 Å². The molecule has 154 valence electrons. The zero-order chi connectivity index (χ0) is 21.3. The van der Waals surface area contributed by atoms with Crippen LogP contribution in [-0.2, 0) is 11.2 Å². The first-order valence-electron chi connectivity index (χ1n) is 9.82. The maximum absolute atomic E-state index is 12.9. The Kier molecular flexibility index (Phi) is 5.35. The van der Waals surface area contributed by atoms with Gasteiger partial charge in [-0.3, -0.25) is 9.59 Å². The van der Waals surface area contributed by atoms with Crippen molar-refractivity contribution in [1.29, 1.82) is 0 Å². The number of dihydropyridines is 1. The van der Waals surface area contributed by atoms with E-state index >= 15 is 0 Å². The second-order valence-electron chi connectivity index (χ2n) is 7.44. The van der Waals surface area contributed by atoms with E-state index < -0.39 is 5.92 Å². The molecule has 2 amide bonds. The van der Waals surface area contributed by atoms with Gasteiger partial charge in [0.2, 0.25) is 5.88 Å². The third kappa shape index (κ3) is 3.83. The molecule has 0 fully saturated rings. The predicted molar refractivity (Wildman–Crippen MR) is 113 cm³/mol. The van der Waals surface area contributed by atoms with Crippen molar-refractivity contribution in [3.8, 4) is 22.8 Å². The van der Waals surface area contributed by atoms with Gasteiger partial charge in [0.15, 0.2) is 0 Å². The zero-order valence-corrected chi connectivity index (χ0v) is 17.2. The average Bonchev–Trinajstić information content (AvgIpc) is 3.21. The van der Waals surface area contributed by atoms with Crippen LogP contribution in [0.15, 0.2) is 47.1 Å². The van der Waals surface area contributed by atoms with Crippen LogP contribution in [0.2, 0.25) is 0 Å².